The summed E-state index contributed by atoms with van der Waals surface area (Å²) in [6.07, 6.45) is 1.34. The molecule has 4 heteroatoms. The first kappa shape index (κ1) is 10.4. The second-order valence-corrected chi connectivity index (χ2v) is 2.72. The lowest BCUT2D eigenvalue weighted by atomic mass is 10.1. The van der Waals surface area contributed by atoms with Crippen LogP contribution in [0.25, 0.3) is 0 Å². The molecule has 0 aromatic rings. The Morgan fingerprint density at radius 1 is 1.55 bits per heavy atom. The summed E-state index contributed by atoms with van der Waals surface area (Å²) < 4.78 is 0. The van der Waals surface area contributed by atoms with Gasteiger partial charge in [0, 0.05) is 0 Å². The average Bonchev–Trinajstić information content (AvgIpc) is 1.86. The maximum absolute atomic E-state index is 10.2. The van der Waals surface area contributed by atoms with E-state index in [2.05, 4.69) is 0 Å². The average molecular weight is 161 g/mol. The molecule has 0 radical (unpaired) electrons. The lowest BCUT2D eigenvalue weighted by Crippen LogP contribution is -2.29. The molecular formula is C7H15NO3. The molecule has 0 amide bonds. The van der Waals surface area contributed by atoms with Crippen LogP contribution in [0.2, 0.25) is 0 Å². The molecule has 4 N–H and O–H groups in total. The van der Waals surface area contributed by atoms with E-state index in [1.165, 1.54) is 0 Å². The van der Waals surface area contributed by atoms with Gasteiger partial charge in [-0.2, -0.15) is 0 Å². The number of hydrogen-bond donors (Lipinski definition) is 3. The van der Waals surface area contributed by atoms with Crippen molar-refractivity contribution in [3.63, 3.8) is 0 Å². The number of carbonyl (C=O) groups is 1. The molecule has 0 bridgehead atoms. The predicted molar refractivity (Wildman–Crippen MR) is 41.1 cm³/mol. The van der Waals surface area contributed by atoms with Crippen molar-refractivity contribution in [2.45, 2.75) is 38.3 Å². The van der Waals surface area contributed by atoms with Crippen LogP contribution in [0.5, 0.6) is 0 Å². The summed E-state index contributed by atoms with van der Waals surface area (Å²) in [7, 11) is 0. The third-order valence-electron chi connectivity index (χ3n) is 1.45. The van der Waals surface area contributed by atoms with E-state index in [1.54, 1.807) is 6.92 Å². The van der Waals surface area contributed by atoms with Crippen molar-refractivity contribution < 1.29 is 15.0 Å². The Hall–Kier alpha value is -0.610. The van der Waals surface area contributed by atoms with Crippen molar-refractivity contribution in [3.8, 4) is 0 Å². The van der Waals surface area contributed by atoms with Crippen LogP contribution in [0.15, 0.2) is 0 Å². The van der Waals surface area contributed by atoms with Gasteiger partial charge in [0.2, 0.25) is 0 Å². The Kier molecular flexibility index (Phi) is 4.81. The van der Waals surface area contributed by atoms with Gasteiger partial charge in [-0.3, -0.25) is 4.79 Å². The van der Waals surface area contributed by atoms with Crippen LogP contribution in [0.3, 0.4) is 0 Å². The molecule has 0 spiro atoms. The molecule has 2 atom stereocenters. The van der Waals surface area contributed by atoms with Gasteiger partial charge in [-0.05, 0) is 26.2 Å². The summed E-state index contributed by atoms with van der Waals surface area (Å²) >= 11 is 0. The van der Waals surface area contributed by atoms with Gasteiger partial charge in [-0.25, -0.2) is 0 Å². The molecule has 66 valence electrons. The first-order valence-electron chi connectivity index (χ1n) is 3.70. The van der Waals surface area contributed by atoms with E-state index in [1.807, 2.05) is 0 Å². The lowest BCUT2D eigenvalue weighted by Gasteiger charge is -2.06. The van der Waals surface area contributed by atoms with E-state index >= 15 is 0 Å². The van der Waals surface area contributed by atoms with Crippen molar-refractivity contribution in [3.05, 3.63) is 0 Å². The van der Waals surface area contributed by atoms with Gasteiger partial charge in [-0.1, -0.05) is 0 Å². The molecule has 0 aliphatic rings. The fraction of sp³-hybridized carbons (Fsp3) is 0.857. The third kappa shape index (κ3) is 5.82. The molecular weight excluding hydrogens is 146 g/mol. The van der Waals surface area contributed by atoms with Gasteiger partial charge in [0.1, 0.15) is 6.04 Å². The minimum absolute atomic E-state index is 0.365. The first-order chi connectivity index (χ1) is 5.04. The monoisotopic (exact) mass is 161 g/mol. The number of aliphatic carboxylic acids is 1. The topological polar surface area (TPSA) is 83.5 Å². The SMILES string of the molecule is CC(O)CCC[C@@H](N)C(=O)O. The maximum Gasteiger partial charge on any atom is 0.320 e. The number of nitrogens with two attached hydrogens (primary N) is 1. The van der Waals surface area contributed by atoms with Gasteiger partial charge in [-0.15, -0.1) is 0 Å². The Bertz CT molecular complexity index is 125. The van der Waals surface area contributed by atoms with Gasteiger partial charge >= 0.3 is 5.97 Å². The summed E-state index contributed by atoms with van der Waals surface area (Å²) in [4.78, 5) is 10.2. The van der Waals surface area contributed by atoms with E-state index in [9.17, 15) is 4.79 Å². The quantitative estimate of drug-likeness (QED) is 0.528. The standard InChI is InChI=1S/C7H15NO3/c1-5(9)3-2-4-6(8)7(10)11/h5-6,9H,2-4,8H2,1H3,(H,10,11)/t5?,6-/m1/s1. The Morgan fingerprint density at radius 2 is 2.09 bits per heavy atom. The molecule has 0 aromatic heterocycles. The molecule has 0 aliphatic heterocycles. The molecule has 0 rings (SSSR count). The van der Waals surface area contributed by atoms with Gasteiger partial charge in [0.05, 0.1) is 6.10 Å². The van der Waals surface area contributed by atoms with E-state index < -0.39 is 12.0 Å². The van der Waals surface area contributed by atoms with Gasteiger partial charge in [0.15, 0.2) is 0 Å². The molecule has 0 aromatic carbocycles. The minimum Gasteiger partial charge on any atom is -0.480 e. The highest BCUT2D eigenvalue weighted by Crippen LogP contribution is 2.02. The second-order valence-electron chi connectivity index (χ2n) is 2.72. The van der Waals surface area contributed by atoms with E-state index in [0.29, 0.717) is 19.3 Å². The molecule has 0 fully saturated rings. The van der Waals surface area contributed by atoms with Crippen LogP contribution in [-0.2, 0) is 4.79 Å². The summed E-state index contributed by atoms with van der Waals surface area (Å²) in [5, 5.41) is 17.2. The van der Waals surface area contributed by atoms with Crippen molar-refractivity contribution in [2.75, 3.05) is 0 Å². The predicted octanol–water partition coefficient (Wildman–Crippen LogP) is -0.0506. The maximum atomic E-state index is 10.2. The third-order valence-corrected chi connectivity index (χ3v) is 1.45. The number of aliphatic hydroxyl groups excluding tert-OH is 1. The summed E-state index contributed by atoms with van der Waals surface area (Å²) in [6, 6.07) is -0.784. The number of rotatable bonds is 5. The lowest BCUT2D eigenvalue weighted by molar-refractivity contribution is -0.138. The van der Waals surface area contributed by atoms with Crippen LogP contribution < -0.4 is 5.73 Å². The zero-order valence-corrected chi connectivity index (χ0v) is 6.66. The van der Waals surface area contributed by atoms with Gasteiger partial charge in [0.25, 0.3) is 0 Å². The molecule has 0 heterocycles. The highest BCUT2D eigenvalue weighted by Gasteiger charge is 2.10. The van der Waals surface area contributed by atoms with Gasteiger partial charge < -0.3 is 15.9 Å². The van der Waals surface area contributed by atoms with Crippen molar-refractivity contribution >= 4 is 5.97 Å². The zero-order valence-electron chi connectivity index (χ0n) is 6.66. The Labute approximate surface area is 66.0 Å². The zero-order chi connectivity index (χ0) is 8.85. The van der Waals surface area contributed by atoms with Crippen LogP contribution >= 0.6 is 0 Å². The van der Waals surface area contributed by atoms with Crippen LogP contribution in [-0.4, -0.2) is 28.3 Å². The highest BCUT2D eigenvalue weighted by molar-refractivity contribution is 5.72. The van der Waals surface area contributed by atoms with Crippen LogP contribution in [0, 0.1) is 0 Å². The van der Waals surface area contributed by atoms with E-state index in [0.717, 1.165) is 0 Å². The van der Waals surface area contributed by atoms with Crippen molar-refractivity contribution in [2.24, 2.45) is 5.73 Å². The second kappa shape index (κ2) is 5.09. The molecule has 4 nitrogen and oxygen atoms in total. The smallest absolute Gasteiger partial charge is 0.320 e. The fourth-order valence-corrected chi connectivity index (χ4v) is 0.757. The number of aliphatic hydroxyl groups is 1. The normalized spacial score (nSPS) is 15.9. The number of hydrogen-bond acceptors (Lipinski definition) is 3. The fourth-order valence-electron chi connectivity index (χ4n) is 0.757. The molecule has 11 heavy (non-hydrogen) atoms. The molecule has 0 saturated carbocycles. The van der Waals surface area contributed by atoms with Crippen molar-refractivity contribution in [1.29, 1.82) is 0 Å². The first-order valence-corrected chi connectivity index (χ1v) is 3.70. The molecule has 0 aliphatic carbocycles. The van der Waals surface area contributed by atoms with Crippen molar-refractivity contribution in [1.82, 2.24) is 0 Å². The van der Waals surface area contributed by atoms with E-state index in [4.69, 9.17) is 15.9 Å². The number of carboxylic acid groups (broad SMARTS) is 1. The summed E-state index contributed by atoms with van der Waals surface area (Å²) in [5.74, 6) is -0.976. The summed E-state index contributed by atoms with van der Waals surface area (Å²) in [5.41, 5.74) is 5.22. The Morgan fingerprint density at radius 3 is 2.45 bits per heavy atom. The molecule has 1 unspecified atom stereocenters. The summed E-state index contributed by atoms with van der Waals surface area (Å²) in [6.45, 7) is 1.67. The number of carboxylic acids is 1. The van der Waals surface area contributed by atoms with Crippen LogP contribution in [0.1, 0.15) is 26.2 Å². The highest BCUT2D eigenvalue weighted by atomic mass is 16.4. The Balaban J connectivity index is 3.31. The molecule has 0 saturated heterocycles. The van der Waals surface area contributed by atoms with Crippen LogP contribution in [0.4, 0.5) is 0 Å². The minimum atomic E-state index is -0.976. The largest absolute Gasteiger partial charge is 0.480 e. The van der Waals surface area contributed by atoms with E-state index in [-0.39, 0.29) is 6.10 Å².